The van der Waals surface area contributed by atoms with Crippen LogP contribution in [0.4, 0.5) is 10.6 Å². The molecule has 0 unspecified atom stereocenters. The molecule has 6 heteroatoms. The molecular weight excluding hydrogens is 330 g/mol. The first-order chi connectivity index (χ1) is 12.3. The number of nitrogens with zero attached hydrogens (tertiary/aromatic N) is 2. The highest BCUT2D eigenvalue weighted by molar-refractivity contribution is 5.83. The summed E-state index contributed by atoms with van der Waals surface area (Å²) >= 11 is 0. The zero-order valence-corrected chi connectivity index (χ0v) is 15.6. The van der Waals surface area contributed by atoms with E-state index in [2.05, 4.69) is 31.2 Å². The lowest BCUT2D eigenvalue weighted by Crippen LogP contribution is -2.26. The smallest absolute Gasteiger partial charge is 0.413 e. The molecular formula is C20H27N3O3. The van der Waals surface area contributed by atoms with Crippen molar-refractivity contribution in [2.24, 2.45) is 0 Å². The lowest BCUT2D eigenvalue weighted by atomic mass is 10.0. The number of carbonyl (C=O) groups excluding carboxylic acids is 1. The summed E-state index contributed by atoms with van der Waals surface area (Å²) in [6.07, 6.45) is 1.70. The number of benzene rings is 1. The molecule has 3 rings (SSSR count). The van der Waals surface area contributed by atoms with Gasteiger partial charge in [-0.25, -0.2) is 4.79 Å². The third-order valence-corrected chi connectivity index (χ3v) is 4.64. The number of aliphatic hydroxyl groups excluding tert-OH is 1. The van der Waals surface area contributed by atoms with E-state index >= 15 is 0 Å². The first-order valence-electron chi connectivity index (χ1n) is 9.09. The standard InChI is InChI=1S/C20H27N3O3/c1-20(2,3)23-17(15-9-10-16(24)11-15)12-18(22-23)21-19(25)26-13-14-7-5-4-6-8-14/h4-8,12,15-16,24H,9-11,13H2,1-3H3,(H,21,22,25)/t15-,16+/m0/s1. The number of anilines is 1. The van der Waals surface area contributed by atoms with Crippen LogP contribution in [0.15, 0.2) is 36.4 Å². The predicted molar refractivity (Wildman–Crippen MR) is 100 cm³/mol. The molecule has 1 aromatic carbocycles. The molecule has 1 aromatic heterocycles. The SMILES string of the molecule is CC(C)(C)n1nc(NC(=O)OCc2ccccc2)cc1[C@H]1CC[C@@H](O)C1. The number of ether oxygens (including phenoxy) is 1. The van der Waals surface area contributed by atoms with Gasteiger partial charge in [0.2, 0.25) is 0 Å². The minimum atomic E-state index is -0.523. The van der Waals surface area contributed by atoms with E-state index in [-0.39, 0.29) is 24.2 Å². The molecule has 0 spiro atoms. The van der Waals surface area contributed by atoms with E-state index in [9.17, 15) is 9.90 Å². The van der Waals surface area contributed by atoms with Gasteiger partial charge in [0.15, 0.2) is 5.82 Å². The van der Waals surface area contributed by atoms with Crippen LogP contribution in [0.2, 0.25) is 0 Å². The van der Waals surface area contributed by atoms with Gasteiger partial charge < -0.3 is 9.84 Å². The molecule has 1 aliphatic carbocycles. The van der Waals surface area contributed by atoms with Crippen LogP contribution in [0, 0.1) is 0 Å². The highest BCUT2D eigenvalue weighted by atomic mass is 16.5. The van der Waals surface area contributed by atoms with Gasteiger partial charge in [-0.05, 0) is 45.6 Å². The third kappa shape index (κ3) is 4.43. The van der Waals surface area contributed by atoms with Gasteiger partial charge in [0, 0.05) is 17.7 Å². The minimum Gasteiger partial charge on any atom is -0.444 e. The average Bonchev–Trinajstić information content (AvgIpc) is 3.20. The maximum absolute atomic E-state index is 12.1. The zero-order valence-electron chi connectivity index (χ0n) is 15.6. The van der Waals surface area contributed by atoms with Crippen molar-refractivity contribution >= 4 is 11.9 Å². The average molecular weight is 357 g/mol. The molecule has 6 nitrogen and oxygen atoms in total. The normalized spacial score (nSPS) is 20.2. The van der Waals surface area contributed by atoms with Gasteiger partial charge >= 0.3 is 6.09 Å². The van der Waals surface area contributed by atoms with Gasteiger partial charge in [-0.2, -0.15) is 5.10 Å². The molecule has 0 aliphatic heterocycles. The fourth-order valence-corrected chi connectivity index (χ4v) is 3.37. The molecule has 2 atom stereocenters. The Kier molecular flexibility index (Phi) is 5.32. The summed E-state index contributed by atoms with van der Waals surface area (Å²) in [7, 11) is 0. The molecule has 1 aliphatic rings. The lowest BCUT2D eigenvalue weighted by molar-refractivity contribution is 0.155. The quantitative estimate of drug-likeness (QED) is 0.867. The van der Waals surface area contributed by atoms with Crippen LogP contribution in [0.3, 0.4) is 0 Å². The Morgan fingerprint density at radius 2 is 2.04 bits per heavy atom. The van der Waals surface area contributed by atoms with Crippen LogP contribution in [-0.4, -0.2) is 27.1 Å². The number of rotatable bonds is 4. The van der Waals surface area contributed by atoms with E-state index in [1.807, 2.05) is 41.1 Å². The van der Waals surface area contributed by atoms with Gasteiger partial charge in [0.25, 0.3) is 0 Å². The monoisotopic (exact) mass is 357 g/mol. The Bertz CT molecular complexity index is 749. The number of amides is 1. The second kappa shape index (κ2) is 7.50. The molecule has 26 heavy (non-hydrogen) atoms. The highest BCUT2D eigenvalue weighted by Gasteiger charge is 2.30. The molecule has 0 radical (unpaired) electrons. The fraction of sp³-hybridized carbons (Fsp3) is 0.500. The van der Waals surface area contributed by atoms with Crippen molar-refractivity contribution in [2.75, 3.05) is 5.32 Å². The Labute approximate surface area is 154 Å². The summed E-state index contributed by atoms with van der Waals surface area (Å²) in [5.41, 5.74) is 1.77. The van der Waals surface area contributed by atoms with Crippen molar-refractivity contribution in [3.05, 3.63) is 47.7 Å². The number of hydrogen-bond donors (Lipinski definition) is 2. The summed E-state index contributed by atoms with van der Waals surface area (Å²) in [5, 5.41) is 17.2. The van der Waals surface area contributed by atoms with Crippen molar-refractivity contribution in [1.82, 2.24) is 9.78 Å². The molecule has 0 bridgehead atoms. The highest BCUT2D eigenvalue weighted by Crippen LogP contribution is 2.37. The van der Waals surface area contributed by atoms with Crippen LogP contribution in [0.5, 0.6) is 0 Å². The summed E-state index contributed by atoms with van der Waals surface area (Å²) < 4.78 is 7.22. The van der Waals surface area contributed by atoms with Crippen LogP contribution in [0.1, 0.15) is 57.2 Å². The number of aliphatic hydroxyl groups is 1. The van der Waals surface area contributed by atoms with Gasteiger partial charge in [-0.1, -0.05) is 30.3 Å². The van der Waals surface area contributed by atoms with Crippen LogP contribution >= 0.6 is 0 Å². The maximum atomic E-state index is 12.1. The molecule has 1 fully saturated rings. The zero-order chi connectivity index (χ0) is 18.7. The minimum absolute atomic E-state index is 0.212. The van der Waals surface area contributed by atoms with Crippen molar-refractivity contribution in [3.8, 4) is 0 Å². The molecule has 1 amide bonds. The van der Waals surface area contributed by atoms with Crippen molar-refractivity contribution in [3.63, 3.8) is 0 Å². The van der Waals surface area contributed by atoms with Crippen molar-refractivity contribution < 1.29 is 14.6 Å². The Hall–Kier alpha value is -2.34. The number of aromatic nitrogens is 2. The number of carbonyl (C=O) groups is 1. The summed E-state index contributed by atoms with van der Waals surface area (Å²) in [6.45, 7) is 6.44. The lowest BCUT2D eigenvalue weighted by Gasteiger charge is -2.24. The van der Waals surface area contributed by atoms with E-state index in [0.717, 1.165) is 30.5 Å². The fourth-order valence-electron chi connectivity index (χ4n) is 3.37. The van der Waals surface area contributed by atoms with E-state index in [1.54, 1.807) is 0 Å². The summed E-state index contributed by atoms with van der Waals surface area (Å²) in [4.78, 5) is 12.1. The van der Waals surface area contributed by atoms with Crippen LogP contribution in [-0.2, 0) is 16.9 Å². The molecule has 140 valence electrons. The molecule has 2 N–H and O–H groups in total. The number of hydrogen-bond acceptors (Lipinski definition) is 4. The largest absolute Gasteiger partial charge is 0.444 e. The number of nitrogens with one attached hydrogen (secondary N) is 1. The molecule has 1 heterocycles. The first-order valence-corrected chi connectivity index (χ1v) is 9.09. The summed E-state index contributed by atoms with van der Waals surface area (Å²) in [6, 6.07) is 11.5. The van der Waals surface area contributed by atoms with Gasteiger partial charge in [-0.15, -0.1) is 0 Å². The van der Waals surface area contributed by atoms with Crippen LogP contribution < -0.4 is 5.32 Å². The van der Waals surface area contributed by atoms with Gasteiger partial charge in [0.05, 0.1) is 11.6 Å². The first kappa shape index (κ1) is 18.5. The van der Waals surface area contributed by atoms with E-state index in [0.29, 0.717) is 5.82 Å². The Balaban J connectivity index is 1.69. The molecule has 2 aromatic rings. The van der Waals surface area contributed by atoms with E-state index in [1.165, 1.54) is 0 Å². The third-order valence-electron chi connectivity index (χ3n) is 4.64. The van der Waals surface area contributed by atoms with Crippen molar-refractivity contribution in [2.45, 2.75) is 64.2 Å². The second-order valence-corrected chi connectivity index (χ2v) is 7.89. The van der Waals surface area contributed by atoms with Crippen LogP contribution in [0.25, 0.3) is 0 Å². The topological polar surface area (TPSA) is 76.4 Å². The van der Waals surface area contributed by atoms with Crippen molar-refractivity contribution in [1.29, 1.82) is 0 Å². The molecule has 1 saturated carbocycles. The summed E-state index contributed by atoms with van der Waals surface area (Å²) in [5.74, 6) is 0.738. The van der Waals surface area contributed by atoms with Gasteiger partial charge in [-0.3, -0.25) is 10.00 Å². The molecule has 0 saturated heterocycles. The van der Waals surface area contributed by atoms with E-state index in [4.69, 9.17) is 4.74 Å². The second-order valence-electron chi connectivity index (χ2n) is 7.89. The Morgan fingerprint density at radius 3 is 2.65 bits per heavy atom. The predicted octanol–water partition coefficient (Wildman–Crippen LogP) is 4.02. The maximum Gasteiger partial charge on any atom is 0.413 e. The van der Waals surface area contributed by atoms with E-state index < -0.39 is 6.09 Å². The Morgan fingerprint density at radius 1 is 1.31 bits per heavy atom. The van der Waals surface area contributed by atoms with Gasteiger partial charge in [0.1, 0.15) is 6.61 Å².